The molecule has 2 N–H and O–H groups in total. The number of thiazole rings is 1. The lowest BCUT2D eigenvalue weighted by Gasteiger charge is -2.30. The highest BCUT2D eigenvalue weighted by atomic mass is 35.5. The summed E-state index contributed by atoms with van der Waals surface area (Å²) in [6, 6.07) is 3.63. The Morgan fingerprint density at radius 3 is 3.10 bits per heavy atom. The van der Waals surface area contributed by atoms with E-state index in [2.05, 4.69) is 9.88 Å². The summed E-state index contributed by atoms with van der Waals surface area (Å²) in [7, 11) is 1.62. The lowest BCUT2D eigenvalue weighted by atomic mass is 9.98. The van der Waals surface area contributed by atoms with Gasteiger partial charge in [-0.1, -0.05) is 22.9 Å². The minimum absolute atomic E-state index is 0.108. The van der Waals surface area contributed by atoms with Gasteiger partial charge in [0, 0.05) is 13.1 Å². The molecule has 1 aromatic carbocycles. The van der Waals surface area contributed by atoms with E-state index in [1.54, 1.807) is 7.11 Å². The van der Waals surface area contributed by atoms with Crippen LogP contribution >= 0.6 is 22.9 Å². The van der Waals surface area contributed by atoms with Crippen molar-refractivity contribution in [3.05, 3.63) is 17.2 Å². The van der Waals surface area contributed by atoms with Gasteiger partial charge in [-0.05, 0) is 25.0 Å². The van der Waals surface area contributed by atoms with Crippen molar-refractivity contribution >= 4 is 44.2 Å². The first-order valence-electron chi connectivity index (χ1n) is 6.77. The Labute approximate surface area is 131 Å². The van der Waals surface area contributed by atoms with Crippen LogP contribution in [0.1, 0.15) is 12.8 Å². The molecule has 1 aliphatic heterocycles. The topological polar surface area (TPSA) is 68.5 Å². The zero-order chi connectivity index (χ0) is 15.0. The van der Waals surface area contributed by atoms with Gasteiger partial charge in [-0.15, -0.1) is 0 Å². The summed E-state index contributed by atoms with van der Waals surface area (Å²) in [5.74, 6) is 0.361. The van der Waals surface area contributed by atoms with E-state index in [1.165, 1.54) is 11.3 Å². The molecule has 1 saturated heterocycles. The average molecular weight is 326 g/mol. The van der Waals surface area contributed by atoms with Crippen molar-refractivity contribution in [1.29, 1.82) is 0 Å². The number of amides is 1. The van der Waals surface area contributed by atoms with E-state index in [0.717, 1.165) is 34.7 Å². The lowest BCUT2D eigenvalue weighted by molar-refractivity contribution is -0.122. The quantitative estimate of drug-likeness (QED) is 0.942. The van der Waals surface area contributed by atoms with Gasteiger partial charge in [0.15, 0.2) is 5.13 Å². The van der Waals surface area contributed by atoms with Gasteiger partial charge in [0.25, 0.3) is 0 Å². The third kappa shape index (κ3) is 2.65. The molecule has 0 radical (unpaired) electrons. The minimum Gasteiger partial charge on any atom is -0.494 e. The number of piperidine rings is 1. The Kier molecular flexibility index (Phi) is 3.91. The molecule has 2 aromatic rings. The number of nitrogens with two attached hydrogens (primary N) is 1. The monoisotopic (exact) mass is 325 g/mol. The molecule has 3 rings (SSSR count). The second-order valence-corrected chi connectivity index (χ2v) is 6.50. The second-order valence-electron chi connectivity index (χ2n) is 5.11. The molecule has 0 saturated carbocycles. The molecule has 1 aliphatic rings. The highest BCUT2D eigenvalue weighted by molar-refractivity contribution is 7.22. The van der Waals surface area contributed by atoms with Crippen LogP contribution in [0, 0.1) is 5.92 Å². The molecule has 0 aliphatic carbocycles. The summed E-state index contributed by atoms with van der Waals surface area (Å²) in [6.45, 7) is 1.50. The number of carbonyl (C=O) groups is 1. The van der Waals surface area contributed by atoms with Crippen LogP contribution in [0.4, 0.5) is 5.13 Å². The smallest absolute Gasteiger partial charge is 0.222 e. The fourth-order valence-corrected chi connectivity index (χ4v) is 3.92. The molecular formula is C14H16ClN3O2S. The summed E-state index contributed by atoms with van der Waals surface area (Å²) >= 11 is 7.76. The zero-order valence-electron chi connectivity index (χ0n) is 11.6. The molecule has 7 heteroatoms. The Morgan fingerprint density at radius 2 is 2.38 bits per heavy atom. The molecule has 21 heavy (non-hydrogen) atoms. The van der Waals surface area contributed by atoms with Gasteiger partial charge in [-0.25, -0.2) is 4.98 Å². The van der Waals surface area contributed by atoms with E-state index in [9.17, 15) is 4.79 Å². The van der Waals surface area contributed by atoms with Gasteiger partial charge in [0.05, 0.1) is 22.8 Å². The predicted octanol–water partition coefficient (Wildman–Crippen LogP) is 2.66. The van der Waals surface area contributed by atoms with Crippen LogP contribution in [0.3, 0.4) is 0 Å². The van der Waals surface area contributed by atoms with Crippen molar-refractivity contribution in [3.63, 3.8) is 0 Å². The molecule has 0 spiro atoms. The van der Waals surface area contributed by atoms with Crippen LogP contribution in [0.15, 0.2) is 12.1 Å². The first-order chi connectivity index (χ1) is 10.1. The number of ether oxygens (including phenoxy) is 1. The number of nitrogens with zero attached hydrogens (tertiary/aromatic N) is 2. The summed E-state index contributed by atoms with van der Waals surface area (Å²) in [6.07, 6.45) is 1.79. The molecule has 1 unspecified atom stereocenters. The van der Waals surface area contributed by atoms with Crippen molar-refractivity contribution in [2.24, 2.45) is 11.7 Å². The Bertz CT molecular complexity index is 688. The van der Waals surface area contributed by atoms with Gasteiger partial charge in [-0.2, -0.15) is 0 Å². The van der Waals surface area contributed by atoms with Gasteiger partial charge >= 0.3 is 0 Å². The van der Waals surface area contributed by atoms with E-state index < -0.39 is 0 Å². The predicted molar refractivity (Wildman–Crippen MR) is 85.3 cm³/mol. The van der Waals surface area contributed by atoms with Gasteiger partial charge in [0.1, 0.15) is 11.3 Å². The number of methoxy groups -OCH3 is 1. The Balaban J connectivity index is 1.97. The molecule has 112 valence electrons. The number of rotatable bonds is 3. The van der Waals surface area contributed by atoms with Crippen LogP contribution in [0.5, 0.6) is 5.75 Å². The SMILES string of the molecule is COc1ccc(Cl)c2sc(N3CCCC(C(N)=O)C3)nc12. The number of hydrogen-bond donors (Lipinski definition) is 1. The second kappa shape index (κ2) is 5.69. The molecule has 1 atom stereocenters. The zero-order valence-corrected chi connectivity index (χ0v) is 13.2. The van der Waals surface area contributed by atoms with E-state index in [0.29, 0.717) is 17.3 Å². The number of aromatic nitrogens is 1. The number of anilines is 1. The number of hydrogen-bond acceptors (Lipinski definition) is 5. The first-order valence-corrected chi connectivity index (χ1v) is 7.97. The highest BCUT2D eigenvalue weighted by Crippen LogP contribution is 2.39. The first kappa shape index (κ1) is 14.4. The van der Waals surface area contributed by atoms with Crippen molar-refractivity contribution in [3.8, 4) is 5.75 Å². The van der Waals surface area contributed by atoms with E-state index in [4.69, 9.17) is 22.1 Å². The van der Waals surface area contributed by atoms with Gasteiger partial charge < -0.3 is 15.4 Å². The fraction of sp³-hybridized carbons (Fsp3) is 0.429. The third-order valence-corrected chi connectivity index (χ3v) is 5.34. The maximum absolute atomic E-state index is 11.4. The van der Waals surface area contributed by atoms with Crippen molar-refractivity contribution in [2.45, 2.75) is 12.8 Å². The molecule has 1 aromatic heterocycles. The van der Waals surface area contributed by atoms with Crippen molar-refractivity contribution in [1.82, 2.24) is 4.98 Å². The van der Waals surface area contributed by atoms with Crippen molar-refractivity contribution in [2.75, 3.05) is 25.1 Å². The summed E-state index contributed by atoms with van der Waals surface area (Å²) in [5, 5.41) is 1.53. The lowest BCUT2D eigenvalue weighted by Crippen LogP contribution is -2.41. The minimum atomic E-state index is -0.239. The van der Waals surface area contributed by atoms with E-state index in [1.807, 2.05) is 12.1 Å². The molecular weight excluding hydrogens is 310 g/mol. The van der Waals surface area contributed by atoms with Gasteiger partial charge in [0.2, 0.25) is 5.91 Å². The molecule has 5 nitrogen and oxygen atoms in total. The molecule has 0 bridgehead atoms. The van der Waals surface area contributed by atoms with E-state index in [-0.39, 0.29) is 11.8 Å². The van der Waals surface area contributed by atoms with Gasteiger partial charge in [-0.3, -0.25) is 4.79 Å². The van der Waals surface area contributed by atoms with E-state index >= 15 is 0 Å². The van der Waals surface area contributed by atoms with Crippen LogP contribution in [0.25, 0.3) is 10.2 Å². The summed E-state index contributed by atoms with van der Waals surface area (Å²) in [4.78, 5) is 18.2. The largest absolute Gasteiger partial charge is 0.494 e. The number of carbonyl (C=O) groups excluding carboxylic acids is 1. The highest BCUT2D eigenvalue weighted by Gasteiger charge is 2.26. The summed E-state index contributed by atoms with van der Waals surface area (Å²) in [5.41, 5.74) is 6.20. The normalized spacial score (nSPS) is 19.0. The Morgan fingerprint density at radius 1 is 1.57 bits per heavy atom. The Hall–Kier alpha value is -1.53. The maximum Gasteiger partial charge on any atom is 0.222 e. The van der Waals surface area contributed by atoms with Crippen LogP contribution < -0.4 is 15.4 Å². The number of halogens is 1. The molecule has 1 amide bonds. The molecule has 1 fully saturated rings. The number of benzene rings is 1. The van der Waals surface area contributed by atoms with Crippen LogP contribution in [0.2, 0.25) is 5.02 Å². The van der Waals surface area contributed by atoms with Crippen LogP contribution in [-0.4, -0.2) is 31.1 Å². The third-order valence-electron chi connectivity index (χ3n) is 3.76. The van der Waals surface area contributed by atoms with Crippen molar-refractivity contribution < 1.29 is 9.53 Å². The number of fused-ring (bicyclic) bond motifs is 1. The fourth-order valence-electron chi connectivity index (χ4n) is 2.62. The van der Waals surface area contributed by atoms with Crippen LogP contribution in [-0.2, 0) is 4.79 Å². The average Bonchev–Trinajstić information content (AvgIpc) is 2.94. The number of primary amides is 1. The molecule has 2 heterocycles. The standard InChI is InChI=1S/C14H16ClN3O2S/c1-20-10-5-4-9(15)12-11(10)17-14(21-12)18-6-2-3-8(7-18)13(16)19/h4-5,8H,2-3,6-7H2,1H3,(H2,16,19). The summed E-state index contributed by atoms with van der Waals surface area (Å²) < 4.78 is 6.24. The maximum atomic E-state index is 11.4.